The lowest BCUT2D eigenvalue weighted by Gasteiger charge is -2.26. The second-order valence-electron chi connectivity index (χ2n) is 6.44. The minimum atomic E-state index is 0.205. The van der Waals surface area contributed by atoms with Crippen molar-refractivity contribution >= 4 is 0 Å². The van der Waals surface area contributed by atoms with E-state index in [2.05, 4.69) is 24.3 Å². The van der Waals surface area contributed by atoms with E-state index in [9.17, 15) is 0 Å². The number of rotatable bonds is 5. The Bertz CT molecular complexity index is 448. The maximum absolute atomic E-state index is 5.58. The first-order chi connectivity index (χ1) is 10.3. The second kappa shape index (κ2) is 6.88. The molecule has 1 aromatic heterocycles. The molecule has 21 heavy (non-hydrogen) atoms. The van der Waals surface area contributed by atoms with Crippen LogP contribution in [0.15, 0.2) is 4.52 Å². The second-order valence-corrected chi connectivity index (χ2v) is 6.44. The smallest absolute Gasteiger partial charge is 0.233 e. The molecule has 0 aromatic carbocycles. The molecule has 1 N–H and O–H groups in total. The van der Waals surface area contributed by atoms with Crippen LogP contribution in [0.25, 0.3) is 0 Å². The number of nitrogens with one attached hydrogen (secondary N) is 1. The fraction of sp³-hybridized carbons (Fsp3) is 0.875. The third-order valence-electron chi connectivity index (χ3n) is 5.05. The van der Waals surface area contributed by atoms with Crippen molar-refractivity contribution in [2.24, 2.45) is 5.92 Å². The van der Waals surface area contributed by atoms with Crippen LogP contribution in [0.1, 0.15) is 69.5 Å². The molecule has 4 unspecified atom stereocenters. The number of nitrogens with zero attached hydrogens (tertiary/aromatic N) is 2. The van der Waals surface area contributed by atoms with Crippen LogP contribution in [0.2, 0.25) is 0 Å². The summed E-state index contributed by atoms with van der Waals surface area (Å²) in [4.78, 5) is 4.72. The van der Waals surface area contributed by atoms with Crippen molar-refractivity contribution in [3.63, 3.8) is 0 Å². The van der Waals surface area contributed by atoms with Crippen molar-refractivity contribution in [3.05, 3.63) is 11.7 Å². The van der Waals surface area contributed by atoms with Gasteiger partial charge >= 0.3 is 0 Å². The molecular weight excluding hydrogens is 266 g/mol. The predicted molar refractivity (Wildman–Crippen MR) is 80.3 cm³/mol. The van der Waals surface area contributed by atoms with Crippen molar-refractivity contribution in [2.75, 3.05) is 19.8 Å². The summed E-state index contributed by atoms with van der Waals surface area (Å²) >= 11 is 0. The highest BCUT2D eigenvalue weighted by molar-refractivity contribution is 5.05. The molecule has 0 spiro atoms. The van der Waals surface area contributed by atoms with E-state index in [1.807, 2.05) is 0 Å². The summed E-state index contributed by atoms with van der Waals surface area (Å²) < 4.78 is 11.1. The van der Waals surface area contributed by atoms with Crippen LogP contribution in [0.5, 0.6) is 0 Å². The average Bonchev–Trinajstić information content (AvgIpc) is 3.16. The maximum atomic E-state index is 5.58. The lowest BCUT2D eigenvalue weighted by atomic mass is 9.80. The van der Waals surface area contributed by atoms with E-state index >= 15 is 0 Å². The number of hydrogen-bond acceptors (Lipinski definition) is 5. The van der Waals surface area contributed by atoms with Crippen molar-refractivity contribution < 1.29 is 9.26 Å². The Labute approximate surface area is 126 Å². The lowest BCUT2D eigenvalue weighted by Crippen LogP contribution is -2.34. The lowest BCUT2D eigenvalue weighted by molar-refractivity contribution is 0.185. The first kappa shape index (κ1) is 15.0. The summed E-state index contributed by atoms with van der Waals surface area (Å²) in [5, 5.41) is 7.72. The number of aromatic nitrogens is 2. The largest absolute Gasteiger partial charge is 0.379 e. The van der Waals surface area contributed by atoms with Crippen molar-refractivity contribution in [3.8, 4) is 0 Å². The van der Waals surface area contributed by atoms with Crippen LogP contribution in [0, 0.1) is 5.92 Å². The Morgan fingerprint density at radius 2 is 2.14 bits per heavy atom. The van der Waals surface area contributed by atoms with Gasteiger partial charge in [-0.05, 0) is 25.3 Å². The molecule has 2 fully saturated rings. The van der Waals surface area contributed by atoms with Gasteiger partial charge in [-0.3, -0.25) is 0 Å². The highest BCUT2D eigenvalue weighted by Crippen LogP contribution is 2.37. The Balaban J connectivity index is 1.68. The fourth-order valence-corrected chi connectivity index (χ4v) is 3.72. The normalized spacial score (nSPS) is 33.4. The van der Waals surface area contributed by atoms with Gasteiger partial charge in [0.1, 0.15) is 0 Å². The zero-order valence-corrected chi connectivity index (χ0v) is 13.2. The van der Waals surface area contributed by atoms with Gasteiger partial charge in [-0.25, -0.2) is 0 Å². The summed E-state index contributed by atoms with van der Waals surface area (Å²) in [6, 6.07) is 0.304. The van der Waals surface area contributed by atoms with E-state index in [0.717, 1.165) is 30.8 Å². The zero-order chi connectivity index (χ0) is 14.7. The van der Waals surface area contributed by atoms with Gasteiger partial charge < -0.3 is 14.6 Å². The number of hydrogen-bond donors (Lipinski definition) is 1. The van der Waals surface area contributed by atoms with Gasteiger partial charge in [0, 0.05) is 12.0 Å². The molecule has 1 aromatic rings. The maximum Gasteiger partial charge on any atom is 0.233 e. The van der Waals surface area contributed by atoms with E-state index in [1.165, 1.54) is 32.1 Å². The van der Waals surface area contributed by atoms with Crippen molar-refractivity contribution in [1.82, 2.24) is 15.5 Å². The molecule has 2 aliphatic rings. The Morgan fingerprint density at radius 3 is 2.95 bits per heavy atom. The molecular formula is C16H27N3O2. The van der Waals surface area contributed by atoms with Crippen LogP contribution in [0.3, 0.4) is 0 Å². The standard InChI is InChI=1S/C16H27N3O2/c1-3-11-6-5-7-12(8-11)15-18-16(21-19-15)13-9-20-10-14(13)17-4-2/h11-14,17H,3-10H2,1-2H3. The van der Waals surface area contributed by atoms with Crippen LogP contribution in [-0.2, 0) is 4.74 Å². The average molecular weight is 293 g/mol. The summed E-state index contributed by atoms with van der Waals surface area (Å²) in [6.45, 7) is 6.75. The van der Waals surface area contributed by atoms with Crippen LogP contribution >= 0.6 is 0 Å². The molecule has 5 heteroatoms. The molecule has 1 saturated heterocycles. The first-order valence-electron chi connectivity index (χ1n) is 8.46. The molecule has 0 bridgehead atoms. The van der Waals surface area contributed by atoms with E-state index < -0.39 is 0 Å². The molecule has 3 rings (SSSR count). The molecule has 2 heterocycles. The summed E-state index contributed by atoms with van der Waals surface area (Å²) in [6.07, 6.45) is 6.33. The summed E-state index contributed by atoms with van der Waals surface area (Å²) in [7, 11) is 0. The fourth-order valence-electron chi connectivity index (χ4n) is 3.72. The van der Waals surface area contributed by atoms with Gasteiger partial charge in [0.15, 0.2) is 5.82 Å². The molecule has 118 valence electrons. The van der Waals surface area contributed by atoms with Crippen molar-refractivity contribution in [1.29, 1.82) is 0 Å². The Morgan fingerprint density at radius 1 is 1.24 bits per heavy atom. The van der Waals surface area contributed by atoms with Gasteiger partial charge in [-0.1, -0.05) is 38.3 Å². The zero-order valence-electron chi connectivity index (χ0n) is 13.2. The van der Waals surface area contributed by atoms with Crippen LogP contribution in [0.4, 0.5) is 0 Å². The molecule has 1 aliphatic carbocycles. The van der Waals surface area contributed by atoms with E-state index in [-0.39, 0.29) is 5.92 Å². The monoisotopic (exact) mass is 293 g/mol. The molecule has 1 saturated carbocycles. The minimum Gasteiger partial charge on any atom is -0.379 e. The van der Waals surface area contributed by atoms with Crippen LogP contribution < -0.4 is 5.32 Å². The van der Waals surface area contributed by atoms with Crippen molar-refractivity contribution in [2.45, 2.75) is 63.8 Å². The third kappa shape index (κ3) is 3.29. The number of likely N-dealkylation sites (N-methyl/N-ethyl adjacent to an activating group) is 1. The van der Waals surface area contributed by atoms with Gasteiger partial charge in [-0.2, -0.15) is 4.98 Å². The highest BCUT2D eigenvalue weighted by Gasteiger charge is 2.34. The topological polar surface area (TPSA) is 60.2 Å². The third-order valence-corrected chi connectivity index (χ3v) is 5.05. The molecule has 1 aliphatic heterocycles. The van der Waals surface area contributed by atoms with Gasteiger partial charge in [-0.15, -0.1) is 0 Å². The number of ether oxygens (including phenoxy) is 1. The Kier molecular flexibility index (Phi) is 4.91. The quantitative estimate of drug-likeness (QED) is 0.904. The molecule has 4 atom stereocenters. The molecule has 5 nitrogen and oxygen atoms in total. The van der Waals surface area contributed by atoms with E-state index in [4.69, 9.17) is 14.2 Å². The van der Waals surface area contributed by atoms with E-state index in [0.29, 0.717) is 18.6 Å². The minimum absolute atomic E-state index is 0.205. The van der Waals surface area contributed by atoms with Gasteiger partial charge in [0.05, 0.1) is 19.1 Å². The van der Waals surface area contributed by atoms with Gasteiger partial charge in [0.25, 0.3) is 0 Å². The Hall–Kier alpha value is -0.940. The summed E-state index contributed by atoms with van der Waals surface area (Å²) in [5.41, 5.74) is 0. The summed E-state index contributed by atoms with van der Waals surface area (Å²) in [5.74, 6) is 3.20. The molecule has 0 radical (unpaired) electrons. The molecule has 0 amide bonds. The van der Waals surface area contributed by atoms with E-state index in [1.54, 1.807) is 0 Å². The predicted octanol–water partition coefficient (Wildman–Crippen LogP) is 2.85. The SMILES string of the molecule is CCNC1COCC1c1nc(C2CCCC(CC)C2)no1. The van der Waals surface area contributed by atoms with Gasteiger partial charge in [0.2, 0.25) is 5.89 Å². The highest BCUT2D eigenvalue weighted by atomic mass is 16.5. The van der Waals surface area contributed by atoms with Crippen LogP contribution in [-0.4, -0.2) is 35.9 Å². The first-order valence-corrected chi connectivity index (χ1v) is 8.46.